The number of ether oxygens (including phenoxy) is 2. The number of benzene rings is 3. The predicted octanol–water partition coefficient (Wildman–Crippen LogP) is 3.43. The zero-order valence-electron chi connectivity index (χ0n) is 18.1. The second-order valence-corrected chi connectivity index (χ2v) is 9.60. The van der Waals surface area contributed by atoms with E-state index in [0.717, 1.165) is 23.6 Å². The number of nitrogens with zero attached hydrogens (tertiary/aromatic N) is 1. The highest BCUT2D eigenvalue weighted by molar-refractivity contribution is 7.89. The highest BCUT2D eigenvalue weighted by Crippen LogP contribution is 2.27. The Morgan fingerprint density at radius 1 is 0.970 bits per heavy atom. The van der Waals surface area contributed by atoms with Crippen molar-refractivity contribution in [2.45, 2.75) is 17.7 Å². The third-order valence-electron chi connectivity index (χ3n) is 5.46. The molecule has 1 saturated heterocycles. The Morgan fingerprint density at radius 3 is 2.24 bits per heavy atom. The number of fused-ring (bicyclic) bond motifs is 1. The van der Waals surface area contributed by atoms with Crippen LogP contribution in [0.3, 0.4) is 0 Å². The number of hydrogen-bond acceptors (Lipinski definition) is 6. The van der Waals surface area contributed by atoms with Crippen LogP contribution >= 0.6 is 0 Å². The molecule has 0 bridgehead atoms. The van der Waals surface area contributed by atoms with E-state index in [-0.39, 0.29) is 10.5 Å². The molecule has 9 heteroatoms. The van der Waals surface area contributed by atoms with Crippen LogP contribution in [0.2, 0.25) is 0 Å². The number of amides is 1. The van der Waals surface area contributed by atoms with Crippen molar-refractivity contribution in [3.8, 4) is 5.75 Å². The van der Waals surface area contributed by atoms with Gasteiger partial charge in [0, 0.05) is 18.8 Å². The average molecular weight is 469 g/mol. The van der Waals surface area contributed by atoms with E-state index in [1.165, 1.54) is 35.7 Å². The predicted molar refractivity (Wildman–Crippen MR) is 124 cm³/mol. The van der Waals surface area contributed by atoms with Crippen molar-refractivity contribution in [2.75, 3.05) is 32.1 Å². The first-order valence-corrected chi connectivity index (χ1v) is 12.0. The van der Waals surface area contributed by atoms with E-state index in [4.69, 9.17) is 9.47 Å². The van der Waals surface area contributed by atoms with E-state index < -0.39 is 28.5 Å². The fourth-order valence-corrected chi connectivity index (χ4v) is 5.26. The summed E-state index contributed by atoms with van der Waals surface area (Å²) in [5, 5.41) is 4.36. The number of methoxy groups -OCH3 is 1. The van der Waals surface area contributed by atoms with Crippen molar-refractivity contribution in [1.29, 1.82) is 0 Å². The van der Waals surface area contributed by atoms with Gasteiger partial charge in [0.25, 0.3) is 5.91 Å². The maximum Gasteiger partial charge on any atom is 0.342 e. The molecule has 0 atom stereocenters. The molecule has 33 heavy (non-hydrogen) atoms. The molecule has 0 radical (unpaired) electrons. The lowest BCUT2D eigenvalue weighted by Crippen LogP contribution is -2.27. The summed E-state index contributed by atoms with van der Waals surface area (Å²) < 4.78 is 37.1. The van der Waals surface area contributed by atoms with Crippen molar-refractivity contribution in [1.82, 2.24) is 4.31 Å². The summed E-state index contributed by atoms with van der Waals surface area (Å²) in [5.41, 5.74) is 0.625. The lowest BCUT2D eigenvalue weighted by molar-refractivity contribution is -0.119. The lowest BCUT2D eigenvalue weighted by Gasteiger charge is -2.15. The summed E-state index contributed by atoms with van der Waals surface area (Å²) in [5.74, 6) is -0.869. The van der Waals surface area contributed by atoms with Crippen LogP contribution in [0, 0.1) is 0 Å². The van der Waals surface area contributed by atoms with Crippen molar-refractivity contribution in [3.05, 3.63) is 66.2 Å². The Morgan fingerprint density at radius 2 is 1.61 bits per heavy atom. The smallest absolute Gasteiger partial charge is 0.342 e. The van der Waals surface area contributed by atoms with E-state index >= 15 is 0 Å². The maximum atomic E-state index is 12.6. The third-order valence-corrected chi connectivity index (χ3v) is 7.38. The number of nitrogens with one attached hydrogen (secondary N) is 1. The minimum absolute atomic E-state index is 0.178. The van der Waals surface area contributed by atoms with Gasteiger partial charge in [-0.3, -0.25) is 4.79 Å². The second-order valence-electron chi connectivity index (χ2n) is 7.66. The number of carbonyl (C=O) groups excluding carboxylic acids is 2. The number of hydrogen-bond donors (Lipinski definition) is 1. The van der Waals surface area contributed by atoms with Crippen LogP contribution in [0.1, 0.15) is 23.2 Å². The van der Waals surface area contributed by atoms with Gasteiger partial charge >= 0.3 is 5.97 Å². The minimum atomic E-state index is -3.52. The molecule has 3 aromatic rings. The van der Waals surface area contributed by atoms with Crippen LogP contribution in [0.4, 0.5) is 5.69 Å². The van der Waals surface area contributed by atoms with Crippen molar-refractivity contribution < 1.29 is 27.5 Å². The summed E-state index contributed by atoms with van der Waals surface area (Å²) in [6.45, 7) is 0.547. The summed E-state index contributed by atoms with van der Waals surface area (Å²) in [4.78, 5) is 25.0. The summed E-state index contributed by atoms with van der Waals surface area (Å²) in [7, 11) is -2.06. The van der Waals surface area contributed by atoms with Gasteiger partial charge in [-0.2, -0.15) is 4.31 Å². The Balaban J connectivity index is 1.37. The molecule has 1 aliphatic rings. The first-order chi connectivity index (χ1) is 15.9. The zero-order chi connectivity index (χ0) is 23.4. The molecule has 8 nitrogen and oxygen atoms in total. The van der Waals surface area contributed by atoms with Gasteiger partial charge in [-0.05, 0) is 60.0 Å². The molecule has 172 valence electrons. The highest BCUT2D eigenvalue weighted by atomic mass is 32.2. The second kappa shape index (κ2) is 9.60. The standard InChI is InChI=1S/C24H24N2O6S/c1-31-22-15-18-7-3-2-6-17(18)14-21(22)24(28)32-16-23(27)25-19-8-10-20(11-9-19)33(29,30)26-12-4-5-13-26/h2-3,6-11,14-15H,4-5,12-13,16H2,1H3,(H,25,27). The highest BCUT2D eigenvalue weighted by Gasteiger charge is 2.27. The van der Waals surface area contributed by atoms with Crippen LogP contribution in [-0.4, -0.2) is 51.4 Å². The molecular formula is C24H24N2O6S. The molecule has 0 spiro atoms. The van der Waals surface area contributed by atoms with Crippen LogP contribution in [0.5, 0.6) is 5.75 Å². The van der Waals surface area contributed by atoms with Crippen LogP contribution < -0.4 is 10.1 Å². The number of esters is 1. The van der Waals surface area contributed by atoms with Crippen LogP contribution in [0.25, 0.3) is 10.8 Å². The Hall–Kier alpha value is -3.43. The van der Waals surface area contributed by atoms with Gasteiger partial charge in [-0.25, -0.2) is 13.2 Å². The van der Waals surface area contributed by atoms with Gasteiger partial charge in [-0.15, -0.1) is 0 Å². The van der Waals surface area contributed by atoms with Crippen molar-refractivity contribution in [3.63, 3.8) is 0 Å². The Kier molecular flexibility index (Phi) is 6.62. The molecule has 0 aliphatic carbocycles. The SMILES string of the molecule is COc1cc2ccccc2cc1C(=O)OCC(=O)Nc1ccc(S(=O)(=O)N2CCCC2)cc1. The van der Waals surface area contributed by atoms with E-state index in [9.17, 15) is 18.0 Å². The van der Waals surface area contributed by atoms with Gasteiger partial charge in [0.1, 0.15) is 11.3 Å². The third kappa shape index (κ3) is 4.99. The minimum Gasteiger partial charge on any atom is -0.496 e. The van der Waals surface area contributed by atoms with Gasteiger partial charge in [0.2, 0.25) is 10.0 Å². The monoisotopic (exact) mass is 468 g/mol. The molecule has 3 aromatic carbocycles. The number of anilines is 1. The molecule has 1 fully saturated rings. The normalized spacial score (nSPS) is 14.2. The molecule has 0 unspecified atom stereocenters. The molecule has 1 amide bonds. The van der Waals surface area contributed by atoms with Gasteiger partial charge in [0.15, 0.2) is 6.61 Å². The fourth-order valence-electron chi connectivity index (χ4n) is 3.74. The molecule has 1 aliphatic heterocycles. The molecule has 0 aromatic heterocycles. The average Bonchev–Trinajstić information content (AvgIpc) is 3.38. The van der Waals surface area contributed by atoms with E-state index in [2.05, 4.69) is 5.32 Å². The fraction of sp³-hybridized carbons (Fsp3) is 0.250. The van der Waals surface area contributed by atoms with Crippen LogP contribution in [-0.2, 0) is 19.6 Å². The van der Waals surface area contributed by atoms with Crippen LogP contribution in [0.15, 0.2) is 65.6 Å². The van der Waals surface area contributed by atoms with E-state index in [1.54, 1.807) is 12.1 Å². The van der Waals surface area contributed by atoms with Crippen molar-refractivity contribution >= 4 is 38.4 Å². The maximum absolute atomic E-state index is 12.6. The molecular weight excluding hydrogens is 444 g/mol. The van der Waals surface area contributed by atoms with Gasteiger partial charge in [-0.1, -0.05) is 24.3 Å². The zero-order valence-corrected chi connectivity index (χ0v) is 18.9. The Bertz CT molecular complexity index is 1280. The summed E-state index contributed by atoms with van der Waals surface area (Å²) >= 11 is 0. The number of sulfonamides is 1. The largest absolute Gasteiger partial charge is 0.496 e. The topological polar surface area (TPSA) is 102 Å². The van der Waals surface area contributed by atoms with Gasteiger partial charge < -0.3 is 14.8 Å². The summed E-state index contributed by atoms with van der Waals surface area (Å²) in [6.07, 6.45) is 1.72. The molecule has 4 rings (SSSR count). The first-order valence-electron chi connectivity index (χ1n) is 10.5. The van der Waals surface area contributed by atoms with Gasteiger partial charge in [0.05, 0.1) is 12.0 Å². The van der Waals surface area contributed by atoms with E-state index in [0.29, 0.717) is 24.5 Å². The quantitative estimate of drug-likeness (QED) is 0.533. The van der Waals surface area contributed by atoms with E-state index in [1.807, 2.05) is 24.3 Å². The van der Waals surface area contributed by atoms with Crippen molar-refractivity contribution in [2.24, 2.45) is 0 Å². The molecule has 1 N–H and O–H groups in total. The first kappa shape index (κ1) is 22.8. The molecule has 0 saturated carbocycles. The number of rotatable bonds is 7. The number of carbonyl (C=O) groups is 2. The Labute approximate surface area is 192 Å². The lowest BCUT2D eigenvalue weighted by atomic mass is 10.1. The summed E-state index contributed by atoms with van der Waals surface area (Å²) in [6, 6.07) is 16.8. The molecule has 1 heterocycles.